The van der Waals surface area contributed by atoms with Crippen LogP contribution in [0.2, 0.25) is 0 Å². The number of ether oxygens (including phenoxy) is 1. The lowest BCUT2D eigenvalue weighted by Crippen LogP contribution is -2.45. The Morgan fingerprint density at radius 2 is 2.06 bits per heavy atom. The molecule has 0 unspecified atom stereocenters. The lowest BCUT2D eigenvalue weighted by atomic mass is 10.0. The van der Waals surface area contributed by atoms with Crippen molar-refractivity contribution in [3.63, 3.8) is 0 Å². The Bertz CT molecular complexity index is 277. The van der Waals surface area contributed by atoms with Gasteiger partial charge in [0.1, 0.15) is 0 Å². The van der Waals surface area contributed by atoms with Gasteiger partial charge >= 0.3 is 0 Å². The van der Waals surface area contributed by atoms with E-state index in [0.717, 1.165) is 52.2 Å². The van der Waals surface area contributed by atoms with Gasteiger partial charge in [-0.3, -0.25) is 9.69 Å². The predicted octanol–water partition coefficient (Wildman–Crippen LogP) is -0.225. The van der Waals surface area contributed by atoms with E-state index in [4.69, 9.17) is 4.74 Å². The number of carbonyl (C=O) groups is 1. The Hall–Kier alpha value is -0.650. The van der Waals surface area contributed by atoms with Crippen molar-refractivity contribution in [1.29, 1.82) is 0 Å². The molecular weight excluding hydrogens is 230 g/mol. The third-order valence-electron chi connectivity index (χ3n) is 3.92. The number of carbonyl (C=O) groups excluding carboxylic acids is 1. The molecule has 0 aromatic carbocycles. The summed E-state index contributed by atoms with van der Waals surface area (Å²) in [5, 5.41) is 3.38. The molecule has 1 amide bonds. The largest absolute Gasteiger partial charge is 0.381 e. The second-order valence-electron chi connectivity index (χ2n) is 5.47. The van der Waals surface area contributed by atoms with Crippen molar-refractivity contribution in [3.8, 4) is 0 Å². The van der Waals surface area contributed by atoms with Crippen molar-refractivity contribution >= 4 is 5.91 Å². The molecule has 0 aromatic heterocycles. The molecule has 18 heavy (non-hydrogen) atoms. The Balaban J connectivity index is 1.95. The van der Waals surface area contributed by atoms with Crippen LogP contribution >= 0.6 is 0 Å². The van der Waals surface area contributed by atoms with Crippen LogP contribution in [0.4, 0.5) is 0 Å². The van der Waals surface area contributed by atoms with Crippen molar-refractivity contribution in [3.05, 3.63) is 0 Å². The van der Waals surface area contributed by atoms with Gasteiger partial charge in [0.25, 0.3) is 0 Å². The van der Waals surface area contributed by atoms with E-state index in [1.54, 1.807) is 4.90 Å². The van der Waals surface area contributed by atoms with Crippen molar-refractivity contribution in [2.75, 3.05) is 53.5 Å². The first kappa shape index (κ1) is 13.8. The minimum atomic E-state index is 0.0883. The fraction of sp³-hybridized carbons (Fsp3) is 0.923. The second kappa shape index (κ2) is 6.50. The number of nitrogens with zero attached hydrogens (tertiary/aromatic N) is 2. The zero-order valence-corrected chi connectivity index (χ0v) is 11.5. The molecule has 2 aliphatic heterocycles. The first-order valence-corrected chi connectivity index (χ1v) is 6.92. The highest BCUT2D eigenvalue weighted by Gasteiger charge is 2.29. The van der Waals surface area contributed by atoms with E-state index >= 15 is 0 Å². The molecule has 0 saturated carbocycles. The molecule has 1 N–H and O–H groups in total. The van der Waals surface area contributed by atoms with Gasteiger partial charge in [0.15, 0.2) is 0 Å². The van der Waals surface area contributed by atoms with E-state index in [1.807, 2.05) is 14.1 Å². The molecule has 2 fully saturated rings. The Labute approximate surface area is 109 Å². The second-order valence-corrected chi connectivity index (χ2v) is 5.47. The number of nitrogens with one attached hydrogen (secondary N) is 1. The molecular formula is C13H25N3O2. The zero-order chi connectivity index (χ0) is 13.0. The summed E-state index contributed by atoms with van der Waals surface area (Å²) in [5.41, 5.74) is 0. The van der Waals surface area contributed by atoms with E-state index in [2.05, 4.69) is 10.2 Å². The van der Waals surface area contributed by atoms with Crippen LogP contribution in [0, 0.1) is 5.92 Å². The smallest absolute Gasteiger partial charge is 0.227 e. The average molecular weight is 255 g/mol. The summed E-state index contributed by atoms with van der Waals surface area (Å²) < 4.78 is 5.42. The Kier molecular flexibility index (Phi) is 4.97. The molecule has 0 spiro atoms. The zero-order valence-electron chi connectivity index (χ0n) is 11.5. The predicted molar refractivity (Wildman–Crippen MR) is 70.5 cm³/mol. The summed E-state index contributed by atoms with van der Waals surface area (Å²) in [4.78, 5) is 16.3. The van der Waals surface area contributed by atoms with Crippen molar-refractivity contribution in [2.24, 2.45) is 5.92 Å². The Morgan fingerprint density at radius 1 is 1.33 bits per heavy atom. The van der Waals surface area contributed by atoms with Gasteiger partial charge in [-0.1, -0.05) is 0 Å². The third-order valence-corrected chi connectivity index (χ3v) is 3.92. The quantitative estimate of drug-likeness (QED) is 0.741. The van der Waals surface area contributed by atoms with E-state index in [9.17, 15) is 4.79 Å². The van der Waals surface area contributed by atoms with Gasteiger partial charge < -0.3 is 15.0 Å². The van der Waals surface area contributed by atoms with Crippen LogP contribution in [0.1, 0.15) is 12.8 Å². The fourth-order valence-electron chi connectivity index (χ4n) is 2.85. The van der Waals surface area contributed by atoms with Crippen LogP contribution in [0.3, 0.4) is 0 Å². The van der Waals surface area contributed by atoms with E-state index in [1.165, 1.54) is 0 Å². The summed E-state index contributed by atoms with van der Waals surface area (Å²) in [5.74, 6) is 0.326. The van der Waals surface area contributed by atoms with Gasteiger partial charge in [-0.15, -0.1) is 0 Å². The summed E-state index contributed by atoms with van der Waals surface area (Å²) in [6.45, 7) is 5.43. The van der Waals surface area contributed by atoms with Gasteiger partial charge in [0.2, 0.25) is 5.91 Å². The highest BCUT2D eigenvalue weighted by atomic mass is 16.5. The van der Waals surface area contributed by atoms with Crippen LogP contribution in [0.15, 0.2) is 0 Å². The minimum absolute atomic E-state index is 0.0883. The molecule has 104 valence electrons. The maximum absolute atomic E-state index is 12.1. The summed E-state index contributed by atoms with van der Waals surface area (Å²) in [6, 6.07) is 0.594. The summed E-state index contributed by atoms with van der Waals surface area (Å²) >= 11 is 0. The average Bonchev–Trinajstić information content (AvgIpc) is 2.64. The third kappa shape index (κ3) is 3.43. The molecule has 0 radical (unpaired) electrons. The van der Waals surface area contributed by atoms with Gasteiger partial charge in [0.05, 0.1) is 5.92 Å². The lowest BCUT2D eigenvalue weighted by Gasteiger charge is -2.34. The lowest BCUT2D eigenvalue weighted by molar-refractivity contribution is -0.133. The number of rotatable bonds is 2. The molecule has 0 aromatic rings. The molecule has 2 heterocycles. The van der Waals surface area contributed by atoms with Crippen molar-refractivity contribution in [2.45, 2.75) is 18.9 Å². The van der Waals surface area contributed by atoms with Crippen LogP contribution in [0.5, 0.6) is 0 Å². The van der Waals surface area contributed by atoms with Gasteiger partial charge in [-0.25, -0.2) is 0 Å². The number of amides is 1. The maximum atomic E-state index is 12.1. The summed E-state index contributed by atoms with van der Waals surface area (Å²) in [6.07, 6.45) is 2.20. The molecule has 0 aliphatic carbocycles. The minimum Gasteiger partial charge on any atom is -0.381 e. The van der Waals surface area contributed by atoms with Gasteiger partial charge in [-0.2, -0.15) is 0 Å². The van der Waals surface area contributed by atoms with Gasteiger partial charge in [0, 0.05) is 59.5 Å². The Morgan fingerprint density at radius 3 is 2.72 bits per heavy atom. The number of hydrogen-bond acceptors (Lipinski definition) is 4. The molecule has 1 atom stereocenters. The molecule has 2 rings (SSSR count). The fourth-order valence-corrected chi connectivity index (χ4v) is 2.85. The molecule has 2 saturated heterocycles. The van der Waals surface area contributed by atoms with E-state index in [-0.39, 0.29) is 11.8 Å². The molecule has 2 aliphatic rings. The first-order valence-electron chi connectivity index (χ1n) is 6.92. The SMILES string of the molecule is CN(C)C(=O)[C@H]1CNCCN(C2CCOCC2)C1. The van der Waals surface area contributed by atoms with Crippen LogP contribution in [0.25, 0.3) is 0 Å². The standard InChI is InChI=1S/C13H25N3O2/c1-15(2)13(17)11-9-14-5-6-16(10-11)12-3-7-18-8-4-12/h11-12,14H,3-10H2,1-2H3/t11-/m0/s1. The maximum Gasteiger partial charge on any atom is 0.227 e. The summed E-state index contributed by atoms with van der Waals surface area (Å²) in [7, 11) is 3.68. The van der Waals surface area contributed by atoms with Crippen molar-refractivity contribution in [1.82, 2.24) is 15.1 Å². The monoisotopic (exact) mass is 255 g/mol. The van der Waals surface area contributed by atoms with Crippen LogP contribution in [-0.2, 0) is 9.53 Å². The van der Waals surface area contributed by atoms with E-state index < -0.39 is 0 Å². The van der Waals surface area contributed by atoms with Crippen LogP contribution in [-0.4, -0.2) is 75.2 Å². The van der Waals surface area contributed by atoms with Gasteiger partial charge in [-0.05, 0) is 12.8 Å². The van der Waals surface area contributed by atoms with E-state index in [0.29, 0.717) is 6.04 Å². The first-order chi connectivity index (χ1) is 8.68. The normalized spacial score (nSPS) is 27.8. The topological polar surface area (TPSA) is 44.8 Å². The number of hydrogen-bond donors (Lipinski definition) is 1. The highest BCUT2D eigenvalue weighted by Crippen LogP contribution is 2.17. The molecule has 5 heteroatoms. The molecule has 0 bridgehead atoms. The van der Waals surface area contributed by atoms with Crippen LogP contribution < -0.4 is 5.32 Å². The highest BCUT2D eigenvalue weighted by molar-refractivity contribution is 5.78. The molecule has 5 nitrogen and oxygen atoms in total. The van der Waals surface area contributed by atoms with Crippen molar-refractivity contribution < 1.29 is 9.53 Å².